The molecule has 24 heavy (non-hydrogen) atoms. The van der Waals surface area contributed by atoms with Gasteiger partial charge in [-0.05, 0) is 53.5 Å². The Morgan fingerprint density at radius 3 is 1.83 bits per heavy atom. The lowest BCUT2D eigenvalue weighted by Crippen LogP contribution is -2.35. The molecule has 1 aliphatic heterocycles. The van der Waals surface area contributed by atoms with Gasteiger partial charge in [-0.1, -0.05) is 54.1 Å². The van der Waals surface area contributed by atoms with Crippen LogP contribution in [0.5, 0.6) is 0 Å². The number of benzene rings is 2. The molecule has 0 bridgehead atoms. The average molecular weight is 318 g/mol. The smallest absolute Gasteiger partial charge is 0.0105 e. The van der Waals surface area contributed by atoms with Crippen LogP contribution >= 0.6 is 0 Å². The van der Waals surface area contributed by atoms with E-state index >= 15 is 0 Å². The molecule has 2 aromatic carbocycles. The van der Waals surface area contributed by atoms with Crippen LogP contribution in [0.2, 0.25) is 0 Å². The molecule has 124 valence electrons. The van der Waals surface area contributed by atoms with Crippen molar-refractivity contribution in [1.29, 1.82) is 0 Å². The molecule has 2 heteroatoms. The van der Waals surface area contributed by atoms with Gasteiger partial charge in [0.1, 0.15) is 0 Å². The van der Waals surface area contributed by atoms with Gasteiger partial charge in [-0.25, -0.2) is 0 Å². The molecular weight excluding hydrogens is 292 g/mol. The molecule has 0 unspecified atom stereocenters. The SMILES string of the molecule is NCCN1CCC(=C2c3ccccc3CCc3ccccc32)CC1. The maximum atomic E-state index is 5.73. The zero-order valence-electron chi connectivity index (χ0n) is 14.3. The highest BCUT2D eigenvalue weighted by Gasteiger charge is 2.23. The summed E-state index contributed by atoms with van der Waals surface area (Å²) in [4.78, 5) is 2.50. The van der Waals surface area contributed by atoms with Crippen molar-refractivity contribution in [2.75, 3.05) is 26.2 Å². The third-order valence-corrected chi connectivity index (χ3v) is 5.50. The van der Waals surface area contributed by atoms with Crippen molar-refractivity contribution >= 4 is 5.57 Å². The molecule has 0 spiro atoms. The Balaban J connectivity index is 1.80. The summed E-state index contributed by atoms with van der Waals surface area (Å²) in [7, 11) is 0. The van der Waals surface area contributed by atoms with Gasteiger partial charge < -0.3 is 10.6 Å². The quantitative estimate of drug-likeness (QED) is 0.916. The topological polar surface area (TPSA) is 29.3 Å². The zero-order chi connectivity index (χ0) is 16.4. The second-order valence-corrected chi connectivity index (χ2v) is 6.92. The van der Waals surface area contributed by atoms with Crippen LogP contribution < -0.4 is 5.73 Å². The van der Waals surface area contributed by atoms with Gasteiger partial charge in [0.15, 0.2) is 0 Å². The average Bonchev–Trinajstić information content (AvgIpc) is 2.80. The number of piperidine rings is 1. The van der Waals surface area contributed by atoms with Crippen LogP contribution in [0.1, 0.15) is 35.1 Å². The Morgan fingerprint density at radius 2 is 1.29 bits per heavy atom. The number of hydrogen-bond donors (Lipinski definition) is 1. The van der Waals surface area contributed by atoms with E-state index in [0.717, 1.165) is 51.9 Å². The van der Waals surface area contributed by atoms with Gasteiger partial charge in [0.05, 0.1) is 0 Å². The normalized spacial score (nSPS) is 18.0. The molecule has 0 amide bonds. The minimum absolute atomic E-state index is 0.761. The summed E-state index contributed by atoms with van der Waals surface area (Å²) in [5, 5.41) is 0. The molecule has 2 N–H and O–H groups in total. The Kier molecular flexibility index (Phi) is 4.50. The second-order valence-electron chi connectivity index (χ2n) is 6.92. The number of hydrogen-bond acceptors (Lipinski definition) is 2. The van der Waals surface area contributed by atoms with Crippen LogP contribution in [-0.4, -0.2) is 31.1 Å². The summed E-state index contributed by atoms with van der Waals surface area (Å²) in [6, 6.07) is 18.0. The number of likely N-dealkylation sites (tertiary alicyclic amines) is 1. The summed E-state index contributed by atoms with van der Waals surface area (Å²) in [5.74, 6) is 0. The van der Waals surface area contributed by atoms with Gasteiger partial charge in [0, 0.05) is 26.2 Å². The maximum Gasteiger partial charge on any atom is 0.0105 e. The first-order valence-corrected chi connectivity index (χ1v) is 9.18. The molecule has 2 aromatic rings. The van der Waals surface area contributed by atoms with E-state index in [0.29, 0.717) is 0 Å². The van der Waals surface area contributed by atoms with Gasteiger partial charge in [0.25, 0.3) is 0 Å². The maximum absolute atomic E-state index is 5.73. The van der Waals surface area contributed by atoms with Gasteiger partial charge in [-0.15, -0.1) is 0 Å². The molecule has 0 radical (unpaired) electrons. The van der Waals surface area contributed by atoms with Crippen molar-refractivity contribution in [2.24, 2.45) is 5.73 Å². The highest BCUT2D eigenvalue weighted by molar-refractivity contribution is 5.86. The first kappa shape index (κ1) is 15.6. The van der Waals surface area contributed by atoms with Crippen molar-refractivity contribution in [1.82, 2.24) is 4.90 Å². The van der Waals surface area contributed by atoms with Crippen LogP contribution in [0.15, 0.2) is 54.1 Å². The number of rotatable bonds is 2. The van der Waals surface area contributed by atoms with Crippen LogP contribution in [0, 0.1) is 0 Å². The summed E-state index contributed by atoms with van der Waals surface area (Å²) in [5.41, 5.74) is 14.8. The van der Waals surface area contributed by atoms with Crippen molar-refractivity contribution in [2.45, 2.75) is 25.7 Å². The van der Waals surface area contributed by atoms with E-state index in [-0.39, 0.29) is 0 Å². The van der Waals surface area contributed by atoms with E-state index in [2.05, 4.69) is 53.4 Å². The van der Waals surface area contributed by atoms with Crippen LogP contribution in [0.4, 0.5) is 0 Å². The number of nitrogens with two attached hydrogens (primary N) is 1. The van der Waals surface area contributed by atoms with Crippen molar-refractivity contribution in [3.05, 3.63) is 76.4 Å². The van der Waals surface area contributed by atoms with E-state index < -0.39 is 0 Å². The Bertz CT molecular complexity index is 701. The van der Waals surface area contributed by atoms with Crippen LogP contribution in [0.3, 0.4) is 0 Å². The highest BCUT2D eigenvalue weighted by Crippen LogP contribution is 2.38. The Hall–Kier alpha value is -1.90. The van der Waals surface area contributed by atoms with Gasteiger partial charge in [-0.2, -0.15) is 0 Å². The van der Waals surface area contributed by atoms with Gasteiger partial charge in [0.2, 0.25) is 0 Å². The molecular formula is C22H26N2. The molecule has 0 aromatic heterocycles. The van der Waals surface area contributed by atoms with Gasteiger partial charge in [-0.3, -0.25) is 0 Å². The summed E-state index contributed by atoms with van der Waals surface area (Å²) >= 11 is 0. The number of nitrogens with zero attached hydrogens (tertiary/aromatic N) is 1. The predicted molar refractivity (Wildman–Crippen MR) is 101 cm³/mol. The Labute approximate surface area is 145 Å². The first-order chi connectivity index (χ1) is 11.9. The summed E-state index contributed by atoms with van der Waals surface area (Å²) in [6.07, 6.45) is 4.61. The van der Waals surface area contributed by atoms with E-state index in [1.54, 1.807) is 5.57 Å². The highest BCUT2D eigenvalue weighted by atomic mass is 15.1. The van der Waals surface area contributed by atoms with E-state index in [1.807, 2.05) is 0 Å². The molecule has 1 aliphatic carbocycles. The Morgan fingerprint density at radius 1 is 0.750 bits per heavy atom. The third-order valence-electron chi connectivity index (χ3n) is 5.50. The second kappa shape index (κ2) is 6.92. The molecule has 4 rings (SSSR count). The third kappa shape index (κ3) is 2.92. The fraction of sp³-hybridized carbons (Fsp3) is 0.364. The summed E-state index contributed by atoms with van der Waals surface area (Å²) < 4.78 is 0. The van der Waals surface area contributed by atoms with E-state index in [9.17, 15) is 0 Å². The van der Waals surface area contributed by atoms with Crippen LogP contribution in [0.25, 0.3) is 5.57 Å². The van der Waals surface area contributed by atoms with Crippen LogP contribution in [-0.2, 0) is 12.8 Å². The van der Waals surface area contributed by atoms with E-state index in [1.165, 1.54) is 27.8 Å². The fourth-order valence-electron chi connectivity index (χ4n) is 4.24. The lowest BCUT2D eigenvalue weighted by Gasteiger charge is -2.30. The lowest BCUT2D eigenvalue weighted by atomic mass is 9.86. The minimum Gasteiger partial charge on any atom is -0.329 e. The van der Waals surface area contributed by atoms with Gasteiger partial charge >= 0.3 is 0 Å². The van der Waals surface area contributed by atoms with Crippen molar-refractivity contribution in [3.8, 4) is 0 Å². The monoisotopic (exact) mass is 318 g/mol. The largest absolute Gasteiger partial charge is 0.329 e. The first-order valence-electron chi connectivity index (χ1n) is 9.18. The molecule has 2 aliphatic rings. The number of fused-ring (bicyclic) bond motifs is 2. The molecule has 1 fully saturated rings. The summed E-state index contributed by atoms with van der Waals surface area (Å²) in [6.45, 7) is 4.06. The molecule has 1 saturated heterocycles. The lowest BCUT2D eigenvalue weighted by molar-refractivity contribution is 0.264. The van der Waals surface area contributed by atoms with E-state index in [4.69, 9.17) is 5.73 Å². The molecule has 2 nitrogen and oxygen atoms in total. The minimum atomic E-state index is 0.761. The molecule has 0 atom stereocenters. The molecule has 1 heterocycles. The van der Waals surface area contributed by atoms with Crippen molar-refractivity contribution in [3.63, 3.8) is 0 Å². The fourth-order valence-corrected chi connectivity index (χ4v) is 4.24. The molecule has 0 saturated carbocycles. The zero-order valence-corrected chi connectivity index (χ0v) is 14.3. The number of aryl methyl sites for hydroxylation is 2. The standard InChI is InChI=1S/C22H26N2/c23-13-16-24-14-11-19(12-15-24)22-20-7-3-1-5-17(20)9-10-18-6-2-4-8-21(18)22/h1-8H,9-16,23H2. The predicted octanol–water partition coefficient (Wildman–Crippen LogP) is 3.64. The van der Waals surface area contributed by atoms with Crippen molar-refractivity contribution < 1.29 is 0 Å².